The lowest BCUT2D eigenvalue weighted by Gasteiger charge is -2.58. The number of aromatic nitrogens is 3. The van der Waals surface area contributed by atoms with Gasteiger partial charge in [0.15, 0.2) is 0 Å². The van der Waals surface area contributed by atoms with E-state index in [0.29, 0.717) is 55.4 Å². The van der Waals surface area contributed by atoms with Crippen molar-refractivity contribution in [1.29, 1.82) is 0 Å². The number of anilines is 1. The summed E-state index contributed by atoms with van der Waals surface area (Å²) in [5.74, 6) is -0.429. The Morgan fingerprint density at radius 1 is 0.915 bits per heavy atom. The van der Waals surface area contributed by atoms with Crippen molar-refractivity contribution in [3.8, 4) is 17.0 Å². The molecule has 3 saturated heterocycles. The molecule has 4 aliphatic heterocycles. The maximum atomic E-state index is 13.3. The number of imide groups is 1. The number of hydrogen-bond acceptors (Lipinski definition) is 10. The summed E-state index contributed by atoms with van der Waals surface area (Å²) in [6.07, 6.45) is 8.74. The Bertz CT molecular complexity index is 2530. The Hall–Kier alpha value is -6.12. The number of rotatable bonds is 12. The van der Waals surface area contributed by atoms with Gasteiger partial charge < -0.3 is 28.6 Å². The van der Waals surface area contributed by atoms with E-state index < -0.39 is 11.9 Å². The van der Waals surface area contributed by atoms with Crippen molar-refractivity contribution in [2.24, 2.45) is 12.5 Å². The van der Waals surface area contributed by atoms with Gasteiger partial charge in [-0.1, -0.05) is 24.8 Å². The van der Waals surface area contributed by atoms with Gasteiger partial charge in [-0.3, -0.25) is 34.4 Å². The van der Waals surface area contributed by atoms with Crippen LogP contribution in [0.1, 0.15) is 48.0 Å². The molecule has 1 atom stereocenters. The van der Waals surface area contributed by atoms with Crippen molar-refractivity contribution in [3.05, 3.63) is 90.9 Å². The first-order valence-electron chi connectivity index (χ1n) is 20.3. The summed E-state index contributed by atoms with van der Waals surface area (Å²) in [7, 11) is 2.08. The fourth-order valence-corrected chi connectivity index (χ4v) is 9.43. The highest BCUT2D eigenvalue weighted by Crippen LogP contribution is 2.49. The molecule has 7 heterocycles. The van der Waals surface area contributed by atoms with E-state index in [4.69, 9.17) is 14.2 Å². The smallest absolute Gasteiger partial charge is 0.259 e. The zero-order valence-electron chi connectivity index (χ0n) is 32.9. The number of piperidine rings is 1. The average molecular weight is 796 g/mol. The van der Waals surface area contributed by atoms with E-state index in [-0.39, 0.29) is 54.8 Å². The zero-order valence-corrected chi connectivity index (χ0v) is 32.9. The normalized spacial score (nSPS) is 20.2. The highest BCUT2D eigenvalue weighted by Gasteiger charge is 2.54. The van der Waals surface area contributed by atoms with Gasteiger partial charge in [-0.2, -0.15) is 0 Å². The second-order valence-corrected chi connectivity index (χ2v) is 16.6. The molecule has 59 heavy (non-hydrogen) atoms. The largest absolute Gasteiger partial charge is 0.474 e. The highest BCUT2D eigenvalue weighted by molar-refractivity contribution is 6.13. The summed E-state index contributed by atoms with van der Waals surface area (Å²) in [6.45, 7) is 7.97. The minimum absolute atomic E-state index is 0.0164. The highest BCUT2D eigenvalue weighted by atomic mass is 16.5. The van der Waals surface area contributed by atoms with Crippen LogP contribution in [0.25, 0.3) is 38.6 Å². The number of hydrogen-bond donors (Lipinski definition) is 1. The number of pyridine rings is 2. The molecule has 1 saturated carbocycles. The summed E-state index contributed by atoms with van der Waals surface area (Å²) in [4.78, 5) is 64.5. The number of fused-ring (bicyclic) bond motifs is 4. The number of carbonyl (C=O) groups is 4. The molecule has 1 spiro atoms. The minimum Gasteiger partial charge on any atom is -0.474 e. The van der Waals surface area contributed by atoms with Gasteiger partial charge in [0.2, 0.25) is 23.6 Å². The van der Waals surface area contributed by atoms with E-state index in [1.54, 1.807) is 0 Å². The van der Waals surface area contributed by atoms with Crippen LogP contribution in [-0.4, -0.2) is 112 Å². The maximum absolute atomic E-state index is 13.3. The molecule has 14 heteroatoms. The molecule has 4 fully saturated rings. The summed E-state index contributed by atoms with van der Waals surface area (Å²) < 4.78 is 20.1. The van der Waals surface area contributed by atoms with Crippen LogP contribution >= 0.6 is 0 Å². The van der Waals surface area contributed by atoms with Crippen LogP contribution in [-0.2, 0) is 30.9 Å². The van der Waals surface area contributed by atoms with E-state index in [2.05, 4.69) is 62.6 Å². The molecule has 1 aliphatic carbocycles. The topological polar surface area (TPSA) is 148 Å². The summed E-state index contributed by atoms with van der Waals surface area (Å²) in [6, 6.07) is 17.4. The number of ether oxygens (including phenoxy) is 3. The zero-order chi connectivity index (χ0) is 40.4. The summed E-state index contributed by atoms with van der Waals surface area (Å²) in [5.41, 5.74) is 7.17. The van der Waals surface area contributed by atoms with Gasteiger partial charge >= 0.3 is 0 Å². The summed E-state index contributed by atoms with van der Waals surface area (Å²) in [5, 5.41) is 4.66. The van der Waals surface area contributed by atoms with Gasteiger partial charge in [0.25, 0.3) is 5.91 Å². The lowest BCUT2D eigenvalue weighted by atomic mass is 9.61. The first-order valence-corrected chi connectivity index (χ1v) is 20.3. The Kier molecular flexibility index (Phi) is 9.20. The Balaban J connectivity index is 0.605. The lowest BCUT2D eigenvalue weighted by molar-refractivity contribution is -0.164. The number of benzene rings is 2. The van der Waals surface area contributed by atoms with Crippen molar-refractivity contribution in [1.82, 2.24) is 29.7 Å². The Morgan fingerprint density at radius 3 is 2.54 bits per heavy atom. The van der Waals surface area contributed by atoms with E-state index in [0.717, 1.165) is 59.2 Å². The third-order valence-corrected chi connectivity index (χ3v) is 12.7. The van der Waals surface area contributed by atoms with E-state index in [1.165, 1.54) is 10.3 Å². The van der Waals surface area contributed by atoms with Crippen LogP contribution in [0.3, 0.4) is 0 Å². The SMILES string of the molecule is C=C1c2ccc(N3CC(OCCCOCC(=O)N4CC5(CC(Oc6ccc(-c7ccc8c9cnccc9n(C)c8c7)cn6)C5)C4)C3)cc2C(=O)N1C1CCC(=O)NC1=O. The molecule has 14 nitrogen and oxygen atoms in total. The second kappa shape index (κ2) is 14.6. The Labute approximate surface area is 340 Å². The fraction of sp³-hybridized carbons (Fsp3) is 0.378. The fourth-order valence-electron chi connectivity index (χ4n) is 9.43. The molecular weight excluding hydrogens is 751 g/mol. The van der Waals surface area contributed by atoms with Crippen LogP contribution in [0.15, 0.2) is 79.8 Å². The summed E-state index contributed by atoms with van der Waals surface area (Å²) >= 11 is 0. The molecule has 10 rings (SSSR count). The maximum Gasteiger partial charge on any atom is 0.259 e. The van der Waals surface area contributed by atoms with Gasteiger partial charge in [-0.05, 0) is 61.6 Å². The average Bonchev–Trinajstić information content (AvgIpc) is 3.62. The molecule has 3 aromatic heterocycles. The number of aryl methyl sites for hydroxylation is 1. The van der Waals surface area contributed by atoms with E-state index in [9.17, 15) is 19.2 Å². The van der Waals surface area contributed by atoms with Gasteiger partial charge in [0.05, 0.1) is 17.2 Å². The second-order valence-electron chi connectivity index (χ2n) is 16.6. The molecule has 0 radical (unpaired) electrons. The third-order valence-electron chi connectivity index (χ3n) is 12.7. The van der Waals surface area contributed by atoms with Crippen molar-refractivity contribution in [2.45, 2.75) is 50.4 Å². The van der Waals surface area contributed by atoms with Crippen molar-refractivity contribution >= 4 is 56.8 Å². The molecular formula is C45H45N7O7. The standard InChI is InChI=1S/C45H45N7O7/c1-27-33-8-6-30(17-35(33)44(56)52(27)38-9-10-40(53)48-43(38)55)50-22-32(23-50)58-15-3-14-57-24-42(54)51-25-45(26-51)18-31(19-45)59-41-11-5-29(20-47-41)28-4-7-34-36-21-46-13-12-37(36)49(2)39(34)16-28/h4-8,11-13,16-17,20-21,31-32,38H,1,3,9-10,14-15,18-19,22-26H2,2H3,(H,48,53,55). The number of nitrogens with zero attached hydrogens (tertiary/aromatic N) is 6. The van der Waals surface area contributed by atoms with Gasteiger partial charge in [-0.15, -0.1) is 0 Å². The predicted molar refractivity (Wildman–Crippen MR) is 219 cm³/mol. The van der Waals surface area contributed by atoms with Crippen molar-refractivity contribution in [3.63, 3.8) is 0 Å². The molecule has 4 amide bonds. The lowest BCUT2D eigenvalue weighted by Crippen LogP contribution is -2.66. The first kappa shape index (κ1) is 37.2. The number of likely N-dealkylation sites (tertiary alicyclic amines) is 1. The van der Waals surface area contributed by atoms with Crippen LogP contribution < -0.4 is 15.0 Å². The predicted octanol–water partition coefficient (Wildman–Crippen LogP) is 4.70. The first-order chi connectivity index (χ1) is 28.6. The van der Waals surface area contributed by atoms with E-state index >= 15 is 0 Å². The van der Waals surface area contributed by atoms with Crippen LogP contribution in [0.5, 0.6) is 5.88 Å². The molecule has 2 aromatic carbocycles. The molecule has 0 bridgehead atoms. The molecule has 5 aromatic rings. The minimum atomic E-state index is -0.741. The quantitative estimate of drug-likeness (QED) is 0.139. The van der Waals surface area contributed by atoms with Gasteiger partial charge in [0, 0.05) is 122 Å². The number of carbonyl (C=O) groups excluding carboxylic acids is 4. The third kappa shape index (κ3) is 6.69. The van der Waals surface area contributed by atoms with Crippen LogP contribution in [0.4, 0.5) is 5.69 Å². The van der Waals surface area contributed by atoms with E-state index in [1.807, 2.05) is 53.8 Å². The number of amides is 4. The monoisotopic (exact) mass is 795 g/mol. The molecule has 302 valence electrons. The Morgan fingerprint density at radius 2 is 1.75 bits per heavy atom. The molecule has 1 unspecified atom stereocenters. The van der Waals surface area contributed by atoms with Crippen LogP contribution in [0.2, 0.25) is 0 Å². The van der Waals surface area contributed by atoms with Crippen molar-refractivity contribution < 1.29 is 33.4 Å². The van der Waals surface area contributed by atoms with Gasteiger partial charge in [-0.25, -0.2) is 4.98 Å². The molecule has 1 N–H and O–H groups in total. The van der Waals surface area contributed by atoms with Crippen molar-refractivity contribution in [2.75, 3.05) is 50.9 Å². The molecule has 5 aliphatic rings. The van der Waals surface area contributed by atoms with Gasteiger partial charge in [0.1, 0.15) is 18.8 Å². The van der Waals surface area contributed by atoms with Crippen LogP contribution in [0, 0.1) is 5.41 Å². The number of nitrogens with one attached hydrogen (secondary N) is 1.